The van der Waals surface area contributed by atoms with Crippen LogP contribution in [0.25, 0.3) is 0 Å². The summed E-state index contributed by atoms with van der Waals surface area (Å²) in [5.41, 5.74) is -0.759. The third-order valence-electron chi connectivity index (χ3n) is 2.17. The average molecular weight is 367 g/mol. The zero-order valence-electron chi connectivity index (χ0n) is 9.27. The molecule has 0 amide bonds. The molecule has 9 heteroatoms. The highest BCUT2D eigenvalue weighted by Gasteiger charge is 2.30. The van der Waals surface area contributed by atoms with Crippen LogP contribution < -0.4 is 0 Å². The molecule has 0 bridgehead atoms. The van der Waals surface area contributed by atoms with Crippen LogP contribution >= 0.6 is 15.9 Å². The number of hydrogen-bond donors (Lipinski definition) is 0. The topological polar surface area (TPSA) is 34.1 Å². The van der Waals surface area contributed by atoms with Crippen molar-refractivity contribution in [3.8, 4) is 0 Å². The highest BCUT2D eigenvalue weighted by Crippen LogP contribution is 2.24. The summed E-state index contributed by atoms with van der Waals surface area (Å²) in [7, 11) is -4.24. The summed E-state index contributed by atoms with van der Waals surface area (Å²) in [6, 6.07) is 1.69. The molecule has 1 aromatic rings. The lowest BCUT2D eigenvalue weighted by Crippen LogP contribution is -2.18. The van der Waals surface area contributed by atoms with Crippen molar-refractivity contribution in [2.24, 2.45) is 0 Å². The summed E-state index contributed by atoms with van der Waals surface area (Å²) < 4.78 is 85.3. The molecule has 2 nitrogen and oxygen atoms in total. The Balaban J connectivity index is 2.90. The van der Waals surface area contributed by atoms with Crippen molar-refractivity contribution in [1.82, 2.24) is 0 Å². The number of halogens is 6. The number of hydrogen-bond acceptors (Lipinski definition) is 2. The molecule has 0 aromatic heterocycles. The monoisotopic (exact) mass is 366 g/mol. The Morgan fingerprint density at radius 2 is 1.58 bits per heavy atom. The van der Waals surface area contributed by atoms with Crippen molar-refractivity contribution < 1.29 is 30.4 Å². The van der Waals surface area contributed by atoms with Gasteiger partial charge in [-0.05, 0) is 12.1 Å². The summed E-state index contributed by atoms with van der Waals surface area (Å²) in [4.78, 5) is 0. The second-order valence-corrected chi connectivity index (χ2v) is 6.90. The predicted octanol–water partition coefficient (Wildman–Crippen LogP) is 3.59. The van der Waals surface area contributed by atoms with E-state index >= 15 is 0 Å². The van der Waals surface area contributed by atoms with E-state index in [0.29, 0.717) is 0 Å². The van der Waals surface area contributed by atoms with E-state index in [9.17, 15) is 30.4 Å². The molecule has 0 saturated heterocycles. The minimum absolute atomic E-state index is 0.0685. The highest BCUT2D eigenvalue weighted by atomic mass is 79.9. The van der Waals surface area contributed by atoms with E-state index < -0.39 is 51.1 Å². The van der Waals surface area contributed by atoms with Crippen LogP contribution in [0.4, 0.5) is 22.0 Å². The molecule has 19 heavy (non-hydrogen) atoms. The molecule has 0 spiro atoms. The second-order valence-electron chi connectivity index (χ2n) is 3.81. The molecule has 0 atom stereocenters. The molecule has 0 unspecified atom stereocenters. The van der Waals surface area contributed by atoms with E-state index in [1.165, 1.54) is 0 Å². The van der Waals surface area contributed by atoms with Crippen LogP contribution in [0.1, 0.15) is 12.0 Å². The lowest BCUT2D eigenvalue weighted by Gasteiger charge is -2.09. The van der Waals surface area contributed by atoms with Crippen LogP contribution in [0.2, 0.25) is 0 Å². The molecular weight excluding hydrogens is 359 g/mol. The Morgan fingerprint density at radius 1 is 1.11 bits per heavy atom. The van der Waals surface area contributed by atoms with Crippen molar-refractivity contribution in [3.05, 3.63) is 33.8 Å². The van der Waals surface area contributed by atoms with Gasteiger partial charge in [-0.3, -0.25) is 0 Å². The third kappa shape index (κ3) is 5.43. The van der Waals surface area contributed by atoms with Crippen molar-refractivity contribution in [2.75, 3.05) is 5.75 Å². The predicted molar refractivity (Wildman–Crippen MR) is 62.2 cm³/mol. The first-order valence-corrected chi connectivity index (χ1v) is 7.52. The Hall–Kier alpha value is -0.700. The van der Waals surface area contributed by atoms with E-state index in [2.05, 4.69) is 15.9 Å². The Bertz CT molecular complexity index is 545. The Labute approximate surface area is 114 Å². The van der Waals surface area contributed by atoms with Gasteiger partial charge in [0.15, 0.2) is 9.84 Å². The van der Waals surface area contributed by atoms with Crippen molar-refractivity contribution in [2.45, 2.75) is 18.3 Å². The van der Waals surface area contributed by atoms with Crippen LogP contribution in [0.5, 0.6) is 0 Å². The van der Waals surface area contributed by atoms with Gasteiger partial charge < -0.3 is 0 Å². The number of alkyl halides is 3. The van der Waals surface area contributed by atoms with Crippen molar-refractivity contribution in [1.29, 1.82) is 0 Å². The zero-order valence-corrected chi connectivity index (χ0v) is 11.7. The zero-order chi connectivity index (χ0) is 14.8. The first kappa shape index (κ1) is 16.4. The van der Waals surface area contributed by atoms with Gasteiger partial charge in [-0.2, -0.15) is 13.2 Å². The largest absolute Gasteiger partial charge is 0.390 e. The fraction of sp³-hybridized carbons (Fsp3) is 0.400. The molecule has 1 aromatic carbocycles. The molecule has 1 rings (SSSR count). The van der Waals surface area contributed by atoms with Gasteiger partial charge in [0.05, 0.1) is 17.9 Å². The van der Waals surface area contributed by atoms with E-state index in [1.807, 2.05) is 0 Å². The minimum atomic E-state index is -4.64. The molecule has 0 aliphatic rings. The fourth-order valence-electron chi connectivity index (χ4n) is 1.27. The molecule has 0 radical (unpaired) electrons. The lowest BCUT2D eigenvalue weighted by molar-refractivity contribution is -0.129. The highest BCUT2D eigenvalue weighted by molar-refractivity contribution is 9.10. The van der Waals surface area contributed by atoms with Gasteiger partial charge in [-0.25, -0.2) is 17.2 Å². The normalized spacial score (nSPS) is 12.7. The van der Waals surface area contributed by atoms with Crippen LogP contribution in [0, 0.1) is 11.6 Å². The van der Waals surface area contributed by atoms with Gasteiger partial charge in [-0.15, -0.1) is 0 Å². The molecular formula is C10H8BrF5O2S. The van der Waals surface area contributed by atoms with E-state index in [1.54, 1.807) is 0 Å². The third-order valence-corrected chi connectivity index (χ3v) is 4.18. The standard InChI is InChI=1S/C10H8BrF5O2S/c11-6-3-8(12)7(9(13)4-6)5-19(17,18)2-1-10(14,15)16/h3-4H,1-2,5H2. The van der Waals surface area contributed by atoms with Gasteiger partial charge in [0.25, 0.3) is 0 Å². The minimum Gasteiger partial charge on any atom is -0.228 e. The maximum atomic E-state index is 13.4. The molecule has 0 saturated carbocycles. The van der Waals surface area contributed by atoms with Gasteiger partial charge in [0, 0.05) is 10.0 Å². The maximum absolute atomic E-state index is 13.4. The molecule has 0 heterocycles. The van der Waals surface area contributed by atoms with Crippen LogP contribution in [0.15, 0.2) is 16.6 Å². The summed E-state index contributed by atoms with van der Waals surface area (Å²) in [5, 5.41) is 0. The molecule has 0 fully saturated rings. The molecule has 0 N–H and O–H groups in total. The van der Waals surface area contributed by atoms with Gasteiger partial charge >= 0.3 is 6.18 Å². The summed E-state index contributed by atoms with van der Waals surface area (Å²) in [6.07, 6.45) is -6.18. The molecule has 0 aliphatic heterocycles. The molecule has 108 valence electrons. The van der Waals surface area contributed by atoms with Crippen molar-refractivity contribution >= 4 is 25.8 Å². The summed E-state index contributed by atoms with van der Waals surface area (Å²) >= 11 is 2.81. The van der Waals surface area contributed by atoms with Crippen molar-refractivity contribution in [3.63, 3.8) is 0 Å². The van der Waals surface area contributed by atoms with Crippen LogP contribution in [-0.2, 0) is 15.6 Å². The average Bonchev–Trinajstić information content (AvgIpc) is 2.20. The van der Waals surface area contributed by atoms with Gasteiger partial charge in [0.1, 0.15) is 11.6 Å². The van der Waals surface area contributed by atoms with E-state index in [4.69, 9.17) is 0 Å². The number of rotatable bonds is 4. The number of benzene rings is 1. The Morgan fingerprint density at radius 3 is 2.00 bits per heavy atom. The first-order valence-electron chi connectivity index (χ1n) is 4.91. The van der Waals surface area contributed by atoms with Crippen LogP contribution in [-0.4, -0.2) is 20.3 Å². The van der Waals surface area contributed by atoms with Gasteiger partial charge in [0.2, 0.25) is 0 Å². The summed E-state index contributed by atoms with van der Waals surface area (Å²) in [6.45, 7) is 0. The van der Waals surface area contributed by atoms with Gasteiger partial charge in [-0.1, -0.05) is 15.9 Å². The number of sulfone groups is 1. The fourth-order valence-corrected chi connectivity index (χ4v) is 3.08. The smallest absolute Gasteiger partial charge is 0.228 e. The quantitative estimate of drug-likeness (QED) is 0.763. The second kappa shape index (κ2) is 5.74. The maximum Gasteiger partial charge on any atom is 0.390 e. The van der Waals surface area contributed by atoms with E-state index in [0.717, 1.165) is 12.1 Å². The lowest BCUT2D eigenvalue weighted by atomic mass is 10.2. The van der Waals surface area contributed by atoms with Crippen LogP contribution in [0.3, 0.4) is 0 Å². The van der Waals surface area contributed by atoms with E-state index in [-0.39, 0.29) is 4.47 Å². The SMILES string of the molecule is O=S(=O)(CCC(F)(F)F)Cc1c(F)cc(Br)cc1F. The Kier molecular flexibility index (Phi) is 4.94. The first-order chi connectivity index (χ1) is 8.50. The summed E-state index contributed by atoms with van der Waals surface area (Å²) in [5.74, 6) is -4.55. The molecule has 0 aliphatic carbocycles.